The molecule has 0 spiro atoms. The van der Waals surface area contributed by atoms with Crippen molar-refractivity contribution in [1.82, 2.24) is 4.98 Å². The van der Waals surface area contributed by atoms with Gasteiger partial charge in [-0.3, -0.25) is 0 Å². The molecule has 3 heteroatoms. The molecule has 1 aromatic carbocycles. The molecule has 0 saturated heterocycles. The number of nitrogen functional groups attached to an aromatic ring is 1. The van der Waals surface area contributed by atoms with Crippen LogP contribution in [0.4, 0.5) is 17.2 Å². The third-order valence-electron chi connectivity index (χ3n) is 3.16. The van der Waals surface area contributed by atoms with Gasteiger partial charge in [-0.1, -0.05) is 6.07 Å². The second kappa shape index (κ2) is 4.09. The average molecular weight is 225 g/mol. The van der Waals surface area contributed by atoms with Gasteiger partial charge >= 0.3 is 0 Å². The van der Waals surface area contributed by atoms with Crippen LogP contribution in [0.15, 0.2) is 36.5 Å². The first kappa shape index (κ1) is 10.1. The second-order valence-electron chi connectivity index (χ2n) is 4.44. The summed E-state index contributed by atoms with van der Waals surface area (Å²) in [6, 6.07) is 10.3. The highest BCUT2D eigenvalue weighted by molar-refractivity contribution is 5.59. The molecule has 0 unspecified atom stereocenters. The van der Waals surface area contributed by atoms with Crippen LogP contribution in [0.1, 0.15) is 17.5 Å². The Morgan fingerprint density at radius 3 is 2.76 bits per heavy atom. The van der Waals surface area contributed by atoms with E-state index in [-0.39, 0.29) is 0 Å². The van der Waals surface area contributed by atoms with E-state index in [1.54, 1.807) is 6.20 Å². The highest BCUT2D eigenvalue weighted by Crippen LogP contribution is 2.26. The van der Waals surface area contributed by atoms with Crippen molar-refractivity contribution in [1.29, 1.82) is 0 Å². The number of hydrogen-bond acceptors (Lipinski definition) is 3. The lowest BCUT2D eigenvalue weighted by Gasteiger charge is -2.07. The molecule has 0 amide bonds. The van der Waals surface area contributed by atoms with Crippen molar-refractivity contribution >= 4 is 17.2 Å². The Hall–Kier alpha value is -2.03. The molecule has 0 fully saturated rings. The van der Waals surface area contributed by atoms with Crippen LogP contribution in [-0.4, -0.2) is 4.98 Å². The zero-order valence-corrected chi connectivity index (χ0v) is 9.61. The van der Waals surface area contributed by atoms with Crippen molar-refractivity contribution in [2.75, 3.05) is 11.1 Å². The van der Waals surface area contributed by atoms with Gasteiger partial charge in [0.2, 0.25) is 0 Å². The highest BCUT2D eigenvalue weighted by atomic mass is 15.0. The molecule has 1 aromatic heterocycles. The molecule has 0 atom stereocenters. The lowest BCUT2D eigenvalue weighted by molar-refractivity contribution is 0.912. The highest BCUT2D eigenvalue weighted by Gasteiger charge is 2.10. The fraction of sp³-hybridized carbons (Fsp3) is 0.214. The van der Waals surface area contributed by atoms with Gasteiger partial charge in [-0.2, -0.15) is 0 Å². The summed E-state index contributed by atoms with van der Waals surface area (Å²) in [5, 5.41) is 3.29. The molecule has 1 aliphatic carbocycles. The number of nitrogens with one attached hydrogen (secondary N) is 1. The number of nitrogens with zero attached hydrogens (tertiary/aromatic N) is 1. The van der Waals surface area contributed by atoms with E-state index in [0.717, 1.165) is 11.5 Å². The van der Waals surface area contributed by atoms with E-state index < -0.39 is 0 Å². The van der Waals surface area contributed by atoms with Gasteiger partial charge in [0.05, 0.1) is 11.9 Å². The van der Waals surface area contributed by atoms with Gasteiger partial charge in [-0.25, -0.2) is 4.98 Å². The van der Waals surface area contributed by atoms with Crippen LogP contribution >= 0.6 is 0 Å². The number of rotatable bonds is 2. The smallest absolute Gasteiger partial charge is 0.130 e. The summed E-state index contributed by atoms with van der Waals surface area (Å²) >= 11 is 0. The Morgan fingerprint density at radius 2 is 1.94 bits per heavy atom. The van der Waals surface area contributed by atoms with Gasteiger partial charge in [0.15, 0.2) is 0 Å². The summed E-state index contributed by atoms with van der Waals surface area (Å²) in [4.78, 5) is 4.23. The van der Waals surface area contributed by atoms with Gasteiger partial charge in [-0.05, 0) is 54.7 Å². The Balaban J connectivity index is 1.83. The topological polar surface area (TPSA) is 50.9 Å². The van der Waals surface area contributed by atoms with E-state index >= 15 is 0 Å². The third-order valence-corrected chi connectivity index (χ3v) is 3.16. The number of aromatic nitrogens is 1. The lowest BCUT2D eigenvalue weighted by Crippen LogP contribution is -1.95. The molecular formula is C14H15N3. The average Bonchev–Trinajstić information content (AvgIpc) is 2.79. The van der Waals surface area contributed by atoms with Gasteiger partial charge in [-0.15, -0.1) is 0 Å². The van der Waals surface area contributed by atoms with Crippen molar-refractivity contribution in [2.45, 2.75) is 19.3 Å². The lowest BCUT2D eigenvalue weighted by atomic mass is 10.1. The van der Waals surface area contributed by atoms with E-state index in [1.165, 1.54) is 30.4 Å². The molecule has 0 aliphatic heterocycles. The Morgan fingerprint density at radius 1 is 1.06 bits per heavy atom. The second-order valence-corrected chi connectivity index (χ2v) is 4.44. The summed E-state index contributed by atoms with van der Waals surface area (Å²) in [5.41, 5.74) is 10.3. The van der Waals surface area contributed by atoms with E-state index in [0.29, 0.717) is 5.69 Å². The van der Waals surface area contributed by atoms with E-state index in [4.69, 9.17) is 5.73 Å². The van der Waals surface area contributed by atoms with Gasteiger partial charge in [0, 0.05) is 5.69 Å². The van der Waals surface area contributed by atoms with Crippen molar-refractivity contribution in [3.63, 3.8) is 0 Å². The molecular weight excluding hydrogens is 210 g/mol. The Bertz CT molecular complexity index is 532. The van der Waals surface area contributed by atoms with E-state index in [9.17, 15) is 0 Å². The van der Waals surface area contributed by atoms with Gasteiger partial charge in [0.25, 0.3) is 0 Å². The first-order valence-corrected chi connectivity index (χ1v) is 5.91. The van der Waals surface area contributed by atoms with Crippen molar-refractivity contribution in [3.8, 4) is 0 Å². The monoisotopic (exact) mass is 225 g/mol. The molecule has 3 N–H and O–H groups in total. The van der Waals surface area contributed by atoms with Crippen LogP contribution < -0.4 is 11.1 Å². The quantitative estimate of drug-likeness (QED) is 0.826. The van der Waals surface area contributed by atoms with Crippen molar-refractivity contribution in [3.05, 3.63) is 47.7 Å². The maximum atomic E-state index is 5.60. The minimum absolute atomic E-state index is 0.685. The summed E-state index contributed by atoms with van der Waals surface area (Å²) in [5.74, 6) is 0.831. The van der Waals surface area contributed by atoms with Gasteiger partial charge in [0.1, 0.15) is 5.82 Å². The van der Waals surface area contributed by atoms with Crippen molar-refractivity contribution < 1.29 is 0 Å². The first-order valence-electron chi connectivity index (χ1n) is 5.91. The largest absolute Gasteiger partial charge is 0.397 e. The number of anilines is 3. The Kier molecular flexibility index (Phi) is 2.44. The number of aryl methyl sites for hydroxylation is 2. The summed E-state index contributed by atoms with van der Waals surface area (Å²) in [6.07, 6.45) is 5.35. The normalized spacial score (nSPS) is 13.4. The predicted octanol–water partition coefficient (Wildman–Crippen LogP) is 2.90. The van der Waals surface area contributed by atoms with Crippen LogP contribution in [0, 0.1) is 0 Å². The van der Waals surface area contributed by atoms with Gasteiger partial charge < -0.3 is 11.1 Å². The number of benzene rings is 1. The molecule has 1 aliphatic rings. The molecule has 3 rings (SSSR count). The maximum absolute atomic E-state index is 5.60. The molecule has 86 valence electrons. The molecule has 3 nitrogen and oxygen atoms in total. The third kappa shape index (κ3) is 2.09. The summed E-state index contributed by atoms with van der Waals surface area (Å²) < 4.78 is 0. The SMILES string of the molecule is Nc1ccc(Nc2ccc3c(c2)CCC3)nc1. The number of nitrogens with two attached hydrogens (primary N) is 1. The summed E-state index contributed by atoms with van der Waals surface area (Å²) in [6.45, 7) is 0. The molecule has 0 bridgehead atoms. The van der Waals surface area contributed by atoms with Crippen LogP contribution in [0.3, 0.4) is 0 Å². The minimum atomic E-state index is 0.685. The van der Waals surface area contributed by atoms with E-state index in [1.807, 2.05) is 12.1 Å². The maximum Gasteiger partial charge on any atom is 0.130 e. The minimum Gasteiger partial charge on any atom is -0.397 e. The van der Waals surface area contributed by atoms with E-state index in [2.05, 4.69) is 28.5 Å². The summed E-state index contributed by atoms with van der Waals surface area (Å²) in [7, 11) is 0. The predicted molar refractivity (Wildman–Crippen MR) is 70.4 cm³/mol. The number of fused-ring (bicyclic) bond motifs is 1. The number of hydrogen-bond donors (Lipinski definition) is 2. The van der Waals surface area contributed by atoms with Crippen LogP contribution in [0.5, 0.6) is 0 Å². The molecule has 0 radical (unpaired) electrons. The fourth-order valence-corrected chi connectivity index (χ4v) is 2.28. The Labute approximate surface area is 101 Å². The zero-order valence-electron chi connectivity index (χ0n) is 9.61. The first-order chi connectivity index (χ1) is 8.31. The fourth-order valence-electron chi connectivity index (χ4n) is 2.28. The molecule has 0 saturated carbocycles. The van der Waals surface area contributed by atoms with Crippen LogP contribution in [-0.2, 0) is 12.8 Å². The standard InChI is InChI=1S/C14H15N3/c15-12-5-7-14(16-9-12)17-13-6-4-10-2-1-3-11(10)8-13/h4-9H,1-3,15H2,(H,16,17). The zero-order chi connectivity index (χ0) is 11.7. The molecule has 17 heavy (non-hydrogen) atoms. The van der Waals surface area contributed by atoms with Crippen LogP contribution in [0.25, 0.3) is 0 Å². The molecule has 1 heterocycles. The number of pyridine rings is 1. The van der Waals surface area contributed by atoms with Crippen molar-refractivity contribution in [2.24, 2.45) is 0 Å². The van der Waals surface area contributed by atoms with Crippen LogP contribution in [0.2, 0.25) is 0 Å². The molecule has 2 aromatic rings.